The van der Waals surface area contributed by atoms with Crippen molar-refractivity contribution in [2.24, 2.45) is 5.41 Å². The van der Waals surface area contributed by atoms with E-state index in [1.807, 2.05) is 59.7 Å². The van der Waals surface area contributed by atoms with Crippen molar-refractivity contribution in [1.29, 1.82) is 0 Å². The lowest BCUT2D eigenvalue weighted by molar-refractivity contribution is -0.123. The Kier molecular flexibility index (Phi) is 5.26. The molecule has 0 spiro atoms. The maximum absolute atomic E-state index is 12.5. The fourth-order valence-corrected chi connectivity index (χ4v) is 4.35. The summed E-state index contributed by atoms with van der Waals surface area (Å²) in [7, 11) is 0. The summed E-state index contributed by atoms with van der Waals surface area (Å²) in [6, 6.07) is 6.07. The topological polar surface area (TPSA) is 62.7 Å². The van der Waals surface area contributed by atoms with Gasteiger partial charge in [0.2, 0.25) is 0 Å². The number of fused-ring (bicyclic) bond motifs is 1. The lowest BCUT2D eigenvalue weighted by Crippen LogP contribution is -2.57. The van der Waals surface area contributed by atoms with E-state index < -0.39 is 16.6 Å². The number of likely N-dealkylation sites (tertiary alicyclic amines) is 1. The van der Waals surface area contributed by atoms with Gasteiger partial charge in [-0.1, -0.05) is 13.8 Å². The number of halogens is 1. The van der Waals surface area contributed by atoms with E-state index in [9.17, 15) is 9.90 Å². The fourth-order valence-electron chi connectivity index (χ4n) is 4.00. The molecule has 2 aromatic rings. The molecule has 1 aliphatic heterocycles. The molecule has 2 heterocycles. The highest BCUT2D eigenvalue weighted by Crippen LogP contribution is 2.47. The highest BCUT2D eigenvalue weighted by atomic mass is 79.9. The van der Waals surface area contributed by atoms with Crippen LogP contribution in [0.15, 0.2) is 28.9 Å². The van der Waals surface area contributed by atoms with Crippen LogP contribution in [-0.4, -0.2) is 39.8 Å². The monoisotopic (exact) mass is 448 g/mol. The first-order valence-corrected chi connectivity index (χ1v) is 10.4. The predicted octanol–water partition coefficient (Wildman–Crippen LogP) is 5.16. The van der Waals surface area contributed by atoms with Gasteiger partial charge in [-0.15, -0.1) is 0 Å². The van der Waals surface area contributed by atoms with Gasteiger partial charge in [-0.25, -0.2) is 4.79 Å². The van der Waals surface area contributed by atoms with Crippen molar-refractivity contribution in [2.75, 3.05) is 13.1 Å². The van der Waals surface area contributed by atoms with Gasteiger partial charge in [0.1, 0.15) is 5.60 Å². The second kappa shape index (κ2) is 6.99. The third kappa shape index (κ3) is 3.90. The molecule has 0 radical (unpaired) electrons. The number of hydrogen-bond acceptors (Lipinski definition) is 4. The van der Waals surface area contributed by atoms with Crippen molar-refractivity contribution in [1.82, 2.24) is 9.88 Å². The Morgan fingerprint density at radius 2 is 1.96 bits per heavy atom. The first-order valence-electron chi connectivity index (χ1n) is 9.59. The number of nitrogens with zero attached hydrogens (tertiary/aromatic N) is 2. The van der Waals surface area contributed by atoms with Crippen molar-refractivity contribution in [3.05, 3.63) is 40.0 Å². The molecule has 3 rings (SSSR count). The highest BCUT2D eigenvalue weighted by molar-refractivity contribution is 9.10. The zero-order valence-corrected chi connectivity index (χ0v) is 19.1. The number of aliphatic hydroxyl groups is 1. The number of benzene rings is 1. The van der Waals surface area contributed by atoms with E-state index in [0.29, 0.717) is 19.5 Å². The van der Waals surface area contributed by atoms with Crippen LogP contribution in [-0.2, 0) is 10.3 Å². The lowest BCUT2D eigenvalue weighted by Gasteiger charge is -2.51. The van der Waals surface area contributed by atoms with E-state index in [1.165, 1.54) is 0 Å². The minimum atomic E-state index is -1.05. The Morgan fingerprint density at radius 1 is 1.29 bits per heavy atom. The van der Waals surface area contributed by atoms with Gasteiger partial charge in [-0.2, -0.15) is 0 Å². The van der Waals surface area contributed by atoms with Crippen LogP contribution in [0.2, 0.25) is 0 Å². The number of hydrogen-bond donors (Lipinski definition) is 1. The molecule has 1 aliphatic rings. The molecule has 5 nitrogen and oxygen atoms in total. The van der Waals surface area contributed by atoms with Gasteiger partial charge in [0.05, 0.1) is 11.1 Å². The second-order valence-electron chi connectivity index (χ2n) is 9.41. The number of amides is 1. The minimum absolute atomic E-state index is 0.328. The maximum Gasteiger partial charge on any atom is 0.410 e. The lowest BCUT2D eigenvalue weighted by atomic mass is 9.65. The zero-order chi connectivity index (χ0) is 20.9. The molecule has 1 saturated heterocycles. The molecule has 1 amide bonds. The van der Waals surface area contributed by atoms with Crippen molar-refractivity contribution in [2.45, 2.75) is 59.2 Å². The van der Waals surface area contributed by atoms with Gasteiger partial charge in [-0.3, -0.25) is 4.98 Å². The summed E-state index contributed by atoms with van der Waals surface area (Å²) in [6.45, 7) is 12.5. The van der Waals surface area contributed by atoms with Crippen LogP contribution in [0.5, 0.6) is 0 Å². The van der Waals surface area contributed by atoms with Crippen LogP contribution < -0.4 is 0 Å². The van der Waals surface area contributed by atoms with Gasteiger partial charge in [0, 0.05) is 34.6 Å². The molecule has 1 unspecified atom stereocenters. The molecule has 0 saturated carbocycles. The maximum atomic E-state index is 12.5. The predicted molar refractivity (Wildman–Crippen MR) is 114 cm³/mol. The molecule has 1 aromatic heterocycles. The highest BCUT2D eigenvalue weighted by Gasteiger charge is 2.50. The van der Waals surface area contributed by atoms with Crippen LogP contribution in [0.1, 0.15) is 52.2 Å². The second-order valence-corrected chi connectivity index (χ2v) is 10.3. The molecule has 1 atom stereocenters. The van der Waals surface area contributed by atoms with Crippen LogP contribution >= 0.6 is 15.9 Å². The van der Waals surface area contributed by atoms with Gasteiger partial charge in [-0.05, 0) is 79.4 Å². The van der Waals surface area contributed by atoms with Gasteiger partial charge in [0.15, 0.2) is 0 Å². The largest absolute Gasteiger partial charge is 0.444 e. The number of carbonyl (C=O) groups excluding carboxylic acids is 1. The average molecular weight is 449 g/mol. The Balaban J connectivity index is 1.95. The number of aromatic nitrogens is 1. The van der Waals surface area contributed by atoms with E-state index >= 15 is 0 Å². The van der Waals surface area contributed by atoms with Crippen LogP contribution in [0.25, 0.3) is 10.9 Å². The summed E-state index contributed by atoms with van der Waals surface area (Å²) in [4.78, 5) is 18.7. The quantitative estimate of drug-likeness (QED) is 0.653. The van der Waals surface area contributed by atoms with Crippen molar-refractivity contribution < 1.29 is 14.6 Å². The van der Waals surface area contributed by atoms with E-state index in [2.05, 4.69) is 20.9 Å². The smallest absolute Gasteiger partial charge is 0.410 e. The molecule has 1 N–H and O–H groups in total. The van der Waals surface area contributed by atoms with E-state index in [-0.39, 0.29) is 6.09 Å². The summed E-state index contributed by atoms with van der Waals surface area (Å²) in [5, 5.41) is 12.8. The van der Waals surface area contributed by atoms with Gasteiger partial charge >= 0.3 is 6.09 Å². The Labute approximate surface area is 175 Å². The summed E-state index contributed by atoms with van der Waals surface area (Å²) >= 11 is 3.47. The number of pyridine rings is 1. The summed E-state index contributed by atoms with van der Waals surface area (Å²) in [5.41, 5.74) is 0.672. The van der Waals surface area contributed by atoms with Crippen LogP contribution in [0.3, 0.4) is 0 Å². The Bertz CT molecular complexity index is 920. The molecule has 1 fully saturated rings. The number of ether oxygens (including phenoxy) is 1. The van der Waals surface area contributed by atoms with Crippen LogP contribution in [0.4, 0.5) is 4.79 Å². The van der Waals surface area contributed by atoms with Crippen LogP contribution in [0, 0.1) is 12.3 Å². The molecular weight excluding hydrogens is 420 g/mol. The summed E-state index contributed by atoms with van der Waals surface area (Å²) in [6.07, 6.45) is 1.90. The third-order valence-electron chi connectivity index (χ3n) is 5.54. The third-order valence-corrected chi connectivity index (χ3v) is 5.97. The number of piperidine rings is 1. The number of aryl methyl sites for hydroxylation is 1. The minimum Gasteiger partial charge on any atom is -0.444 e. The fraction of sp³-hybridized carbons (Fsp3) is 0.545. The first-order chi connectivity index (χ1) is 12.8. The molecule has 0 bridgehead atoms. The van der Waals surface area contributed by atoms with Crippen molar-refractivity contribution in [3.63, 3.8) is 0 Å². The van der Waals surface area contributed by atoms with Crippen molar-refractivity contribution >= 4 is 32.9 Å². The molecule has 6 heteroatoms. The van der Waals surface area contributed by atoms with E-state index in [1.54, 1.807) is 11.1 Å². The Hall–Kier alpha value is -1.66. The van der Waals surface area contributed by atoms with Gasteiger partial charge in [0.25, 0.3) is 0 Å². The number of carbonyl (C=O) groups is 1. The first kappa shape index (κ1) is 21.1. The molecular formula is C22H29BrN2O3. The molecule has 1 aromatic carbocycles. The van der Waals surface area contributed by atoms with Crippen molar-refractivity contribution in [3.8, 4) is 0 Å². The van der Waals surface area contributed by atoms with E-state index in [0.717, 1.165) is 26.5 Å². The molecule has 0 aliphatic carbocycles. The zero-order valence-electron chi connectivity index (χ0n) is 17.5. The number of rotatable bonds is 1. The normalized spacial score (nSPS) is 22.4. The SMILES string of the molecule is Cc1cc2ncc(Br)cc2cc1C1(O)CCN(C(=O)OC(C)(C)C)CC1(C)C. The summed E-state index contributed by atoms with van der Waals surface area (Å²) < 4.78 is 6.43. The molecule has 28 heavy (non-hydrogen) atoms. The van der Waals surface area contributed by atoms with Gasteiger partial charge < -0.3 is 14.7 Å². The average Bonchev–Trinajstić information content (AvgIpc) is 2.55. The van der Waals surface area contributed by atoms with E-state index in [4.69, 9.17) is 4.74 Å². The Morgan fingerprint density at radius 3 is 2.57 bits per heavy atom. The summed E-state index contributed by atoms with van der Waals surface area (Å²) in [5.74, 6) is 0. The standard InChI is InChI=1S/C22H29BrN2O3/c1-14-9-18-15(10-16(23)12-24-18)11-17(14)22(27)7-8-25(13-21(22,5)6)19(26)28-20(2,3)4/h9-12,27H,7-8,13H2,1-6H3. The molecule has 152 valence electrons.